The molecule has 1 aromatic rings. The van der Waals surface area contributed by atoms with Crippen molar-refractivity contribution in [1.29, 1.82) is 0 Å². The summed E-state index contributed by atoms with van der Waals surface area (Å²) >= 11 is 0. The van der Waals surface area contributed by atoms with Gasteiger partial charge in [0, 0.05) is 13.2 Å². The number of nitrogens with zero attached hydrogens (tertiary/aromatic N) is 1. The number of hydrogen-bond donors (Lipinski definition) is 3. The number of ether oxygens (including phenoxy) is 1. The maximum atomic E-state index is 9.33. The second-order valence-electron chi connectivity index (χ2n) is 5.77. The van der Waals surface area contributed by atoms with E-state index in [0.29, 0.717) is 23.4 Å². The van der Waals surface area contributed by atoms with Crippen molar-refractivity contribution in [3.05, 3.63) is 12.1 Å². The molecule has 0 aliphatic heterocycles. The van der Waals surface area contributed by atoms with Crippen LogP contribution in [0.4, 0.5) is 11.5 Å². The third-order valence-corrected chi connectivity index (χ3v) is 3.83. The number of anilines is 2. The van der Waals surface area contributed by atoms with E-state index in [1.165, 1.54) is 12.8 Å². The quantitative estimate of drug-likeness (QED) is 0.744. The van der Waals surface area contributed by atoms with Gasteiger partial charge in [0.2, 0.25) is 5.88 Å². The smallest absolute Gasteiger partial charge is 0.239 e. The van der Waals surface area contributed by atoms with Crippen LogP contribution < -0.4 is 15.8 Å². The number of aromatic nitrogens is 1. The number of aliphatic hydroxyl groups is 1. The molecule has 0 radical (unpaired) electrons. The third-order valence-electron chi connectivity index (χ3n) is 3.83. The van der Waals surface area contributed by atoms with Crippen LogP contribution >= 0.6 is 0 Å². The van der Waals surface area contributed by atoms with E-state index in [0.717, 1.165) is 18.8 Å². The van der Waals surface area contributed by atoms with E-state index in [-0.39, 0.29) is 12.7 Å². The van der Waals surface area contributed by atoms with Crippen LogP contribution in [0.25, 0.3) is 0 Å². The number of rotatable bonds is 6. The predicted octanol–water partition coefficient (Wildman–Crippen LogP) is 2.27. The zero-order chi connectivity index (χ0) is 14.5. The molecule has 1 fully saturated rings. The Hall–Kier alpha value is -1.49. The zero-order valence-corrected chi connectivity index (χ0v) is 12.3. The van der Waals surface area contributed by atoms with Crippen molar-refractivity contribution in [3.8, 4) is 5.88 Å². The van der Waals surface area contributed by atoms with Crippen molar-refractivity contribution in [2.45, 2.75) is 39.2 Å². The first kappa shape index (κ1) is 14.9. The molecule has 4 N–H and O–H groups in total. The number of nitrogens with one attached hydrogen (secondary N) is 1. The Labute approximate surface area is 120 Å². The first-order valence-electron chi connectivity index (χ1n) is 7.38. The maximum absolute atomic E-state index is 9.33. The normalized spacial score (nSPS) is 22.2. The van der Waals surface area contributed by atoms with Crippen molar-refractivity contribution in [3.63, 3.8) is 0 Å². The molecule has 1 aliphatic carbocycles. The molecule has 2 rings (SSSR count). The molecule has 20 heavy (non-hydrogen) atoms. The van der Waals surface area contributed by atoms with Crippen molar-refractivity contribution < 1.29 is 9.84 Å². The average molecular weight is 279 g/mol. The molecule has 0 amide bonds. The lowest BCUT2D eigenvalue weighted by Crippen LogP contribution is -2.21. The van der Waals surface area contributed by atoms with Gasteiger partial charge in [-0.3, -0.25) is 0 Å². The Morgan fingerprint density at radius 3 is 2.85 bits per heavy atom. The Kier molecular flexibility index (Phi) is 5.06. The Balaban J connectivity index is 1.95. The van der Waals surface area contributed by atoms with E-state index in [4.69, 9.17) is 10.5 Å². The topological polar surface area (TPSA) is 80.4 Å². The Morgan fingerprint density at radius 1 is 1.40 bits per heavy atom. The van der Waals surface area contributed by atoms with Crippen LogP contribution in [0.2, 0.25) is 0 Å². The monoisotopic (exact) mass is 279 g/mol. The second kappa shape index (κ2) is 6.79. The van der Waals surface area contributed by atoms with Gasteiger partial charge in [0.05, 0.1) is 11.8 Å². The summed E-state index contributed by atoms with van der Waals surface area (Å²) in [5.41, 5.74) is 6.41. The fourth-order valence-corrected chi connectivity index (χ4v) is 2.73. The van der Waals surface area contributed by atoms with Crippen molar-refractivity contribution in [1.82, 2.24) is 4.98 Å². The van der Waals surface area contributed by atoms with E-state index in [1.807, 2.05) is 26.0 Å². The third kappa shape index (κ3) is 3.76. The van der Waals surface area contributed by atoms with E-state index in [9.17, 15) is 5.11 Å². The Morgan fingerprint density at radius 2 is 2.15 bits per heavy atom. The minimum Gasteiger partial charge on any atom is -0.473 e. The van der Waals surface area contributed by atoms with E-state index in [1.54, 1.807) is 0 Å². The molecule has 0 bridgehead atoms. The lowest BCUT2D eigenvalue weighted by atomic mass is 9.97. The van der Waals surface area contributed by atoms with Crippen LogP contribution in [0, 0.1) is 11.8 Å². The summed E-state index contributed by atoms with van der Waals surface area (Å²) in [5, 5.41) is 12.7. The molecule has 0 spiro atoms. The van der Waals surface area contributed by atoms with Gasteiger partial charge < -0.3 is 20.9 Å². The summed E-state index contributed by atoms with van der Waals surface area (Å²) in [6.07, 6.45) is 3.55. The van der Waals surface area contributed by atoms with E-state index >= 15 is 0 Å². The first-order valence-corrected chi connectivity index (χ1v) is 7.38. The molecule has 5 heteroatoms. The molecule has 1 aromatic heterocycles. The molecule has 112 valence electrons. The molecule has 5 nitrogen and oxygen atoms in total. The lowest BCUT2D eigenvalue weighted by Gasteiger charge is -2.19. The van der Waals surface area contributed by atoms with Gasteiger partial charge in [-0.1, -0.05) is 6.42 Å². The van der Waals surface area contributed by atoms with Gasteiger partial charge in [0.15, 0.2) is 0 Å². The molecular formula is C15H25N3O2. The van der Waals surface area contributed by atoms with Crippen molar-refractivity contribution in [2.24, 2.45) is 11.8 Å². The number of pyridine rings is 1. The minimum atomic E-state index is 0.0497. The van der Waals surface area contributed by atoms with Crippen LogP contribution in [0.3, 0.4) is 0 Å². The molecule has 2 atom stereocenters. The predicted molar refractivity (Wildman–Crippen MR) is 80.8 cm³/mol. The van der Waals surface area contributed by atoms with Gasteiger partial charge in [-0.25, -0.2) is 0 Å². The molecular weight excluding hydrogens is 254 g/mol. The average Bonchev–Trinajstić information content (AvgIpc) is 2.86. The molecule has 1 heterocycles. The fraction of sp³-hybridized carbons (Fsp3) is 0.667. The van der Waals surface area contributed by atoms with Gasteiger partial charge >= 0.3 is 0 Å². The zero-order valence-electron chi connectivity index (χ0n) is 12.3. The van der Waals surface area contributed by atoms with Gasteiger partial charge in [-0.2, -0.15) is 4.98 Å². The summed E-state index contributed by atoms with van der Waals surface area (Å²) < 4.78 is 5.58. The highest BCUT2D eigenvalue weighted by molar-refractivity contribution is 5.53. The highest BCUT2D eigenvalue weighted by atomic mass is 16.5. The van der Waals surface area contributed by atoms with Crippen LogP contribution in [0.5, 0.6) is 5.88 Å². The summed E-state index contributed by atoms with van der Waals surface area (Å²) in [6.45, 7) is 5.02. The van der Waals surface area contributed by atoms with Crippen molar-refractivity contribution in [2.75, 3.05) is 24.2 Å². The largest absolute Gasteiger partial charge is 0.473 e. The number of nitrogens with two attached hydrogens (primary N) is 1. The first-order chi connectivity index (χ1) is 9.60. The van der Waals surface area contributed by atoms with Gasteiger partial charge in [0.25, 0.3) is 0 Å². The SMILES string of the molecule is CC(C)Oc1nc(NCC2CCCC2CO)ccc1N. The molecule has 1 saturated carbocycles. The minimum absolute atomic E-state index is 0.0497. The fourth-order valence-electron chi connectivity index (χ4n) is 2.73. The summed E-state index contributed by atoms with van der Waals surface area (Å²) in [5.74, 6) is 2.20. The number of aliphatic hydroxyl groups excluding tert-OH is 1. The van der Waals surface area contributed by atoms with Gasteiger partial charge in [0.1, 0.15) is 5.82 Å². The van der Waals surface area contributed by atoms with Gasteiger partial charge in [-0.15, -0.1) is 0 Å². The second-order valence-corrected chi connectivity index (χ2v) is 5.77. The highest BCUT2D eigenvalue weighted by Gasteiger charge is 2.26. The van der Waals surface area contributed by atoms with E-state index in [2.05, 4.69) is 10.3 Å². The van der Waals surface area contributed by atoms with Crippen molar-refractivity contribution >= 4 is 11.5 Å². The molecule has 0 aromatic carbocycles. The maximum Gasteiger partial charge on any atom is 0.239 e. The highest BCUT2D eigenvalue weighted by Crippen LogP contribution is 2.31. The number of nitrogen functional groups attached to an aromatic ring is 1. The standard InChI is InChI=1S/C15H25N3O2/c1-10(2)20-15-13(16)6-7-14(18-15)17-8-11-4-3-5-12(11)9-19/h6-7,10-12,19H,3-5,8-9,16H2,1-2H3,(H,17,18). The molecule has 2 unspecified atom stereocenters. The van der Waals surface area contributed by atoms with E-state index < -0.39 is 0 Å². The Bertz CT molecular complexity index is 437. The lowest BCUT2D eigenvalue weighted by molar-refractivity contribution is 0.198. The number of hydrogen-bond acceptors (Lipinski definition) is 5. The van der Waals surface area contributed by atoms with Crippen LogP contribution in [-0.4, -0.2) is 29.3 Å². The van der Waals surface area contributed by atoms with Crippen LogP contribution in [-0.2, 0) is 0 Å². The van der Waals surface area contributed by atoms with Gasteiger partial charge in [-0.05, 0) is 50.7 Å². The summed E-state index contributed by atoms with van der Waals surface area (Å²) in [4.78, 5) is 4.40. The van der Waals surface area contributed by atoms with Crippen LogP contribution in [0.1, 0.15) is 33.1 Å². The molecule has 0 saturated heterocycles. The summed E-state index contributed by atoms with van der Waals surface area (Å²) in [7, 11) is 0. The molecule has 1 aliphatic rings. The summed E-state index contributed by atoms with van der Waals surface area (Å²) in [6, 6.07) is 3.68. The van der Waals surface area contributed by atoms with Crippen LogP contribution in [0.15, 0.2) is 12.1 Å².